The highest BCUT2D eigenvalue weighted by Crippen LogP contribution is 2.39. The summed E-state index contributed by atoms with van der Waals surface area (Å²) in [4.78, 5) is 30.0. The largest absolute Gasteiger partial charge is 0.468 e. The first-order chi connectivity index (χ1) is 12.0. The normalized spacial score (nSPS) is 21.5. The van der Waals surface area contributed by atoms with Gasteiger partial charge in [0.15, 0.2) is 8.32 Å². The van der Waals surface area contributed by atoms with E-state index in [9.17, 15) is 9.59 Å². The van der Waals surface area contributed by atoms with E-state index in [-0.39, 0.29) is 11.1 Å². The van der Waals surface area contributed by atoms with Crippen molar-refractivity contribution in [2.75, 3.05) is 13.7 Å². The summed E-state index contributed by atoms with van der Waals surface area (Å²) in [5.74, 6) is -0.917. The van der Waals surface area contributed by atoms with Gasteiger partial charge in [-0.1, -0.05) is 39.0 Å². The minimum Gasteiger partial charge on any atom is -0.468 e. The predicted octanol–water partition coefficient (Wildman–Crippen LogP) is 3.40. The molecule has 0 spiro atoms. The van der Waals surface area contributed by atoms with Crippen molar-refractivity contribution in [2.45, 2.75) is 57.5 Å². The molecule has 6 nitrogen and oxygen atoms in total. The first kappa shape index (κ1) is 20.6. The van der Waals surface area contributed by atoms with Gasteiger partial charge in [0.2, 0.25) is 0 Å². The molecular weight excluding hydrogens is 350 g/mol. The molecule has 1 aromatic carbocycles. The summed E-state index contributed by atoms with van der Waals surface area (Å²) >= 11 is 0. The molecular formula is C19H29NO5Si. The van der Waals surface area contributed by atoms with Gasteiger partial charge >= 0.3 is 11.9 Å². The van der Waals surface area contributed by atoms with E-state index >= 15 is 0 Å². The van der Waals surface area contributed by atoms with Crippen LogP contribution in [0.2, 0.25) is 18.1 Å². The highest BCUT2D eigenvalue weighted by atomic mass is 28.4. The van der Waals surface area contributed by atoms with Crippen LogP contribution in [-0.2, 0) is 18.8 Å². The van der Waals surface area contributed by atoms with Gasteiger partial charge in [-0.15, -0.1) is 5.06 Å². The summed E-state index contributed by atoms with van der Waals surface area (Å²) in [5, 5.41) is 1.46. The molecule has 0 aliphatic carbocycles. The van der Waals surface area contributed by atoms with Gasteiger partial charge in [0.05, 0.1) is 25.3 Å². The van der Waals surface area contributed by atoms with Crippen molar-refractivity contribution < 1.29 is 23.6 Å². The van der Waals surface area contributed by atoms with Crippen LogP contribution in [-0.4, -0.2) is 51.1 Å². The van der Waals surface area contributed by atoms with E-state index in [2.05, 4.69) is 33.9 Å². The zero-order chi connectivity index (χ0) is 19.5. The molecule has 2 atom stereocenters. The molecule has 0 unspecified atom stereocenters. The van der Waals surface area contributed by atoms with Crippen molar-refractivity contribution in [2.24, 2.45) is 0 Å². The maximum Gasteiger partial charge on any atom is 0.357 e. The Morgan fingerprint density at radius 1 is 1.15 bits per heavy atom. The van der Waals surface area contributed by atoms with Gasteiger partial charge in [0, 0.05) is 6.42 Å². The Kier molecular flexibility index (Phi) is 6.26. The van der Waals surface area contributed by atoms with Crippen LogP contribution >= 0.6 is 0 Å². The summed E-state index contributed by atoms with van der Waals surface area (Å²) in [5.41, 5.74) is 0.435. The number of methoxy groups -OCH3 is 1. The molecule has 1 aromatic rings. The summed E-state index contributed by atoms with van der Waals surface area (Å²) in [6.07, 6.45) is 0.268. The molecule has 0 aromatic heterocycles. The first-order valence-electron chi connectivity index (χ1n) is 8.85. The van der Waals surface area contributed by atoms with E-state index in [0.29, 0.717) is 18.5 Å². The van der Waals surface area contributed by atoms with Gasteiger partial charge in [0.25, 0.3) is 0 Å². The Labute approximate surface area is 156 Å². The van der Waals surface area contributed by atoms with Crippen molar-refractivity contribution in [3.8, 4) is 0 Å². The third-order valence-corrected chi connectivity index (χ3v) is 9.70. The Hall–Kier alpha value is -1.70. The third kappa shape index (κ3) is 4.72. The van der Waals surface area contributed by atoms with Crippen LogP contribution in [0.5, 0.6) is 0 Å². The van der Waals surface area contributed by atoms with Crippen molar-refractivity contribution in [3.63, 3.8) is 0 Å². The molecule has 144 valence electrons. The van der Waals surface area contributed by atoms with Gasteiger partial charge < -0.3 is 14.0 Å². The lowest BCUT2D eigenvalue weighted by atomic mass is 10.2. The Morgan fingerprint density at radius 3 is 2.31 bits per heavy atom. The topological polar surface area (TPSA) is 65.1 Å². The van der Waals surface area contributed by atoms with Crippen LogP contribution in [0, 0.1) is 0 Å². The quantitative estimate of drug-likeness (QED) is 0.577. The summed E-state index contributed by atoms with van der Waals surface area (Å²) in [6, 6.07) is 8.06. The molecule has 1 saturated heterocycles. The van der Waals surface area contributed by atoms with Gasteiger partial charge in [0.1, 0.15) is 6.04 Å². The molecule has 0 radical (unpaired) electrons. The molecule has 7 heteroatoms. The number of carbonyl (C=O) groups excluding carboxylic acids is 2. The number of carbonyl (C=O) groups is 2. The van der Waals surface area contributed by atoms with Crippen LogP contribution in [0.1, 0.15) is 37.6 Å². The number of rotatable bonds is 5. The number of hydrogen-bond acceptors (Lipinski definition) is 6. The zero-order valence-electron chi connectivity index (χ0n) is 16.4. The second kappa shape index (κ2) is 7.90. The Balaban J connectivity index is 2.11. The van der Waals surface area contributed by atoms with Crippen LogP contribution in [0.15, 0.2) is 30.3 Å². The molecule has 1 aliphatic heterocycles. The Bertz CT molecular complexity index is 641. The molecule has 0 amide bonds. The van der Waals surface area contributed by atoms with Crippen LogP contribution in [0.25, 0.3) is 0 Å². The van der Waals surface area contributed by atoms with E-state index < -0.39 is 26.3 Å². The minimum absolute atomic E-state index is 0.0574. The second-order valence-electron chi connectivity index (χ2n) is 8.12. The summed E-state index contributed by atoms with van der Waals surface area (Å²) < 4.78 is 11.3. The molecule has 1 heterocycles. The lowest BCUT2D eigenvalue weighted by molar-refractivity contribution is -0.166. The van der Waals surface area contributed by atoms with Crippen LogP contribution < -0.4 is 0 Å². The predicted molar refractivity (Wildman–Crippen MR) is 101 cm³/mol. The second-order valence-corrected chi connectivity index (χ2v) is 12.9. The fraction of sp³-hybridized carbons (Fsp3) is 0.579. The average Bonchev–Trinajstić information content (AvgIpc) is 2.95. The van der Waals surface area contributed by atoms with E-state index in [1.807, 2.05) is 6.07 Å². The van der Waals surface area contributed by atoms with Gasteiger partial charge in [-0.05, 0) is 30.3 Å². The fourth-order valence-corrected chi connectivity index (χ4v) is 3.99. The highest BCUT2D eigenvalue weighted by molar-refractivity contribution is 6.74. The average molecular weight is 380 g/mol. The fourth-order valence-electron chi connectivity index (χ4n) is 2.63. The summed E-state index contributed by atoms with van der Waals surface area (Å²) in [7, 11) is -0.662. The van der Waals surface area contributed by atoms with E-state index in [1.54, 1.807) is 24.3 Å². The maximum atomic E-state index is 12.4. The van der Waals surface area contributed by atoms with Gasteiger partial charge in [-0.25, -0.2) is 4.79 Å². The standard InChI is InChI=1S/C19H29NO5Si/c1-19(2,3)26(5,6)25-15-12-16(18(22)23-4)20(13-15)24-17(21)14-10-8-7-9-11-14/h7-11,15-16H,12-13H2,1-6H3/t15-,16-/m1/s1. The minimum atomic E-state index is -2.00. The van der Waals surface area contributed by atoms with Crippen molar-refractivity contribution in [1.82, 2.24) is 5.06 Å². The highest BCUT2D eigenvalue weighted by Gasteiger charge is 2.46. The number of benzene rings is 1. The van der Waals surface area contributed by atoms with Crippen molar-refractivity contribution in [1.29, 1.82) is 0 Å². The number of ether oxygens (including phenoxy) is 1. The molecule has 1 aliphatic rings. The van der Waals surface area contributed by atoms with Crippen LogP contribution in [0.3, 0.4) is 0 Å². The SMILES string of the molecule is COC(=O)[C@H]1C[C@@H](O[Si](C)(C)C(C)(C)C)CN1OC(=O)c1ccccc1. The Morgan fingerprint density at radius 2 is 1.77 bits per heavy atom. The van der Waals surface area contributed by atoms with Gasteiger partial charge in [-0.2, -0.15) is 0 Å². The van der Waals surface area contributed by atoms with Gasteiger partial charge in [-0.3, -0.25) is 4.79 Å². The lowest BCUT2D eigenvalue weighted by Gasteiger charge is -2.38. The summed E-state index contributed by atoms with van der Waals surface area (Å²) in [6.45, 7) is 11.2. The first-order valence-corrected chi connectivity index (χ1v) is 11.8. The molecule has 0 N–H and O–H groups in total. The van der Waals surface area contributed by atoms with E-state index in [1.165, 1.54) is 12.2 Å². The van der Waals surface area contributed by atoms with Crippen molar-refractivity contribution >= 4 is 20.3 Å². The monoisotopic (exact) mass is 379 g/mol. The number of esters is 1. The molecule has 26 heavy (non-hydrogen) atoms. The number of hydrogen-bond donors (Lipinski definition) is 0. The molecule has 0 saturated carbocycles. The van der Waals surface area contributed by atoms with E-state index in [0.717, 1.165) is 0 Å². The van der Waals surface area contributed by atoms with Crippen molar-refractivity contribution in [3.05, 3.63) is 35.9 Å². The zero-order valence-corrected chi connectivity index (χ0v) is 17.4. The van der Waals surface area contributed by atoms with Crippen LogP contribution in [0.4, 0.5) is 0 Å². The third-order valence-electron chi connectivity index (χ3n) is 5.17. The molecule has 1 fully saturated rings. The number of hydroxylamine groups is 2. The maximum absolute atomic E-state index is 12.4. The molecule has 0 bridgehead atoms. The molecule has 2 rings (SSSR count). The van der Waals surface area contributed by atoms with E-state index in [4.69, 9.17) is 14.0 Å². The number of nitrogens with zero attached hydrogens (tertiary/aromatic N) is 1. The smallest absolute Gasteiger partial charge is 0.357 e. The lowest BCUT2D eigenvalue weighted by Crippen LogP contribution is -2.44.